The van der Waals surface area contributed by atoms with Crippen molar-refractivity contribution in [2.45, 2.75) is 13.8 Å². The number of nitrogens with zero attached hydrogens (tertiary/aromatic N) is 3. The van der Waals surface area contributed by atoms with E-state index in [1.54, 1.807) is 0 Å². The summed E-state index contributed by atoms with van der Waals surface area (Å²) in [5.41, 5.74) is 5.45. The molecule has 0 fully saturated rings. The minimum atomic E-state index is 0.194. The van der Waals surface area contributed by atoms with Crippen molar-refractivity contribution in [2.75, 3.05) is 0 Å². The molecule has 0 aliphatic carbocycles. The molecular formula is C36H26Cl2FeN3. The summed E-state index contributed by atoms with van der Waals surface area (Å²) in [4.78, 5) is 15.2. The third kappa shape index (κ3) is 5.60. The molecule has 6 aromatic carbocycles. The molecule has 0 N–H and O–H groups in total. The van der Waals surface area contributed by atoms with E-state index in [0.29, 0.717) is 0 Å². The number of rotatable bonds is 4. The van der Waals surface area contributed by atoms with Crippen LogP contribution in [-0.4, -0.2) is 11.4 Å². The maximum absolute atomic E-state index is 5.14. The average Bonchev–Trinajstić information content (AvgIpc) is 3.52. The first-order valence-corrected chi connectivity index (χ1v) is 16.5. The Balaban J connectivity index is 0.00000101. The first kappa shape index (κ1) is 28.2. The molecule has 0 radical (unpaired) electrons. The topological polar surface area (TPSA) is 38.8 Å². The summed E-state index contributed by atoms with van der Waals surface area (Å²) in [6.45, 7) is 4.07. The molecule has 0 bridgehead atoms. The predicted octanol–water partition coefficient (Wildman–Crippen LogP) is 10.9. The van der Waals surface area contributed by atoms with E-state index in [0.717, 1.165) is 55.7 Å². The van der Waals surface area contributed by atoms with Gasteiger partial charge in [0.05, 0.1) is 11.4 Å². The third-order valence-electron chi connectivity index (χ3n) is 7.43. The molecule has 7 rings (SSSR count). The number of halogens is 2. The number of hydrogen-bond donors (Lipinski definition) is 0. The summed E-state index contributed by atoms with van der Waals surface area (Å²) >= 11 is 0.194. The van der Waals surface area contributed by atoms with Crippen molar-refractivity contribution in [1.82, 2.24) is 4.98 Å². The van der Waals surface area contributed by atoms with Crippen molar-refractivity contribution in [3.05, 3.63) is 133 Å². The van der Waals surface area contributed by atoms with E-state index in [-0.39, 0.29) is 13.1 Å². The van der Waals surface area contributed by atoms with Crippen LogP contribution in [0.2, 0.25) is 0 Å². The molecule has 42 heavy (non-hydrogen) atoms. The first-order valence-electron chi connectivity index (χ1n) is 13.5. The number of hydrogen-bond acceptors (Lipinski definition) is 2. The van der Waals surface area contributed by atoms with Crippen LogP contribution in [0.3, 0.4) is 0 Å². The van der Waals surface area contributed by atoms with Gasteiger partial charge in [-0.1, -0.05) is 109 Å². The van der Waals surface area contributed by atoms with Gasteiger partial charge in [-0.05, 0) is 47.5 Å². The van der Waals surface area contributed by atoms with Crippen LogP contribution in [0.4, 0.5) is 11.4 Å². The molecular weight excluding hydrogens is 601 g/mol. The second kappa shape index (κ2) is 12.5. The molecule has 3 nitrogen and oxygen atoms in total. The number of fused-ring (bicyclic) bond motifs is 4. The number of aliphatic imine (C=N–C) groups is 2. The summed E-state index contributed by atoms with van der Waals surface area (Å²) < 4.78 is 0. The van der Waals surface area contributed by atoms with Crippen LogP contribution in [0.15, 0.2) is 131 Å². The molecule has 207 valence electrons. The summed E-state index contributed by atoms with van der Waals surface area (Å²) in [6.07, 6.45) is 0. The molecule has 0 aliphatic rings. The van der Waals surface area contributed by atoms with Gasteiger partial charge in [0.2, 0.25) is 0 Å². The summed E-state index contributed by atoms with van der Waals surface area (Å²) in [6, 6.07) is 42.3. The SMILES string of the molecule is CC(=Nc1c2ccccc2cc2ccccc12)c1ccc(C(C)=Nc2c3ccccc3cc3ccccc23)[n-]1.[Cl][Fe+][Cl]. The Kier molecular flexibility index (Phi) is 8.41. The Bertz CT molecular complexity index is 1870. The molecule has 0 spiro atoms. The first-order chi connectivity index (χ1) is 20.6. The van der Waals surface area contributed by atoms with Crippen LogP contribution in [0, 0.1) is 0 Å². The standard InChI is InChI=1S/C36H26N3.2ClH.Fe/c1-23(37-35-29-15-7-3-11-25(29)21-26-12-4-8-16-30(26)35)33-19-20-34(39-33)24(2)38-36-31-17-9-5-13-27(31)22-28-14-6-10-18-32(28)36;;;/h3-22H,1-2H3;2*1H;/q-1;;;+3/p-2. The molecule has 1 heterocycles. The second-order valence-electron chi connectivity index (χ2n) is 10.00. The zero-order valence-electron chi connectivity index (χ0n) is 23.0. The molecule has 6 heteroatoms. The van der Waals surface area contributed by atoms with E-state index in [1.807, 2.05) is 26.0 Å². The fourth-order valence-electron chi connectivity index (χ4n) is 5.44. The Morgan fingerprint density at radius 3 is 1.10 bits per heavy atom. The minimum absolute atomic E-state index is 0.194. The monoisotopic (exact) mass is 626 g/mol. The van der Waals surface area contributed by atoms with Crippen LogP contribution in [-0.2, 0) is 13.1 Å². The average molecular weight is 627 g/mol. The normalized spacial score (nSPS) is 12.2. The van der Waals surface area contributed by atoms with E-state index in [4.69, 9.17) is 35.2 Å². The zero-order chi connectivity index (χ0) is 29.1. The maximum atomic E-state index is 5.14. The van der Waals surface area contributed by atoms with E-state index >= 15 is 0 Å². The van der Waals surface area contributed by atoms with Crippen LogP contribution in [0.1, 0.15) is 25.2 Å². The molecule has 0 unspecified atom stereocenters. The predicted molar refractivity (Wildman–Crippen MR) is 178 cm³/mol. The van der Waals surface area contributed by atoms with Gasteiger partial charge in [-0.15, -0.1) is 11.4 Å². The summed E-state index contributed by atoms with van der Waals surface area (Å²) in [7, 11) is 9.53. The summed E-state index contributed by atoms with van der Waals surface area (Å²) in [5, 5.41) is 9.30. The quantitative estimate of drug-likeness (QED) is 0.109. The van der Waals surface area contributed by atoms with Crippen molar-refractivity contribution >= 4 is 86.1 Å². The fraction of sp³-hybridized carbons (Fsp3) is 0.0556. The van der Waals surface area contributed by atoms with Crippen molar-refractivity contribution in [3.63, 3.8) is 0 Å². The Hall–Kier alpha value is -3.92. The Labute approximate surface area is 259 Å². The number of aromatic nitrogens is 1. The van der Waals surface area contributed by atoms with Crippen LogP contribution < -0.4 is 4.98 Å². The van der Waals surface area contributed by atoms with E-state index in [2.05, 4.69) is 109 Å². The van der Waals surface area contributed by atoms with Gasteiger partial charge in [-0.25, -0.2) is 0 Å². The van der Waals surface area contributed by atoms with Gasteiger partial charge in [0.15, 0.2) is 0 Å². The second-order valence-corrected chi connectivity index (χ2v) is 11.8. The van der Waals surface area contributed by atoms with E-state index < -0.39 is 0 Å². The van der Waals surface area contributed by atoms with Crippen molar-refractivity contribution in [3.8, 4) is 0 Å². The molecule has 0 saturated heterocycles. The van der Waals surface area contributed by atoms with Crippen molar-refractivity contribution in [2.24, 2.45) is 9.98 Å². The van der Waals surface area contributed by atoms with Gasteiger partial charge in [-0.3, -0.25) is 9.98 Å². The molecule has 1 aromatic heterocycles. The third-order valence-corrected chi connectivity index (χ3v) is 7.43. The van der Waals surface area contributed by atoms with Crippen LogP contribution in [0.25, 0.3) is 43.1 Å². The molecule has 0 amide bonds. The van der Waals surface area contributed by atoms with E-state index in [9.17, 15) is 0 Å². The van der Waals surface area contributed by atoms with Crippen molar-refractivity contribution < 1.29 is 13.1 Å². The fourth-order valence-corrected chi connectivity index (χ4v) is 5.44. The molecule has 0 atom stereocenters. The van der Waals surface area contributed by atoms with Gasteiger partial charge >= 0.3 is 33.3 Å². The van der Waals surface area contributed by atoms with E-state index in [1.165, 1.54) is 21.5 Å². The van der Waals surface area contributed by atoms with Crippen LogP contribution in [0.5, 0.6) is 0 Å². The van der Waals surface area contributed by atoms with Gasteiger partial charge in [0.25, 0.3) is 0 Å². The Morgan fingerprint density at radius 2 is 0.786 bits per heavy atom. The molecule has 0 saturated carbocycles. The van der Waals surface area contributed by atoms with Gasteiger partial charge in [-0.2, -0.15) is 0 Å². The van der Waals surface area contributed by atoms with Gasteiger partial charge in [0.1, 0.15) is 0 Å². The molecule has 7 aromatic rings. The van der Waals surface area contributed by atoms with Crippen LogP contribution >= 0.6 is 20.2 Å². The zero-order valence-corrected chi connectivity index (χ0v) is 25.6. The number of benzene rings is 6. The molecule has 0 aliphatic heterocycles. The van der Waals surface area contributed by atoms with Gasteiger partial charge in [0, 0.05) is 33.0 Å². The summed E-state index contributed by atoms with van der Waals surface area (Å²) in [5.74, 6) is 0. The van der Waals surface area contributed by atoms with Crippen molar-refractivity contribution in [1.29, 1.82) is 0 Å². The van der Waals surface area contributed by atoms with Gasteiger partial charge < -0.3 is 4.98 Å². The Morgan fingerprint density at radius 1 is 0.500 bits per heavy atom.